The minimum absolute atomic E-state index is 0.299. The van der Waals surface area contributed by atoms with E-state index in [4.69, 9.17) is 23.2 Å². The number of benzene rings is 2. The molecule has 0 atom stereocenters. The summed E-state index contributed by atoms with van der Waals surface area (Å²) in [6, 6.07) is 8.44. The largest absolute Gasteiger partial charge is 0.379 e. The van der Waals surface area contributed by atoms with Crippen LogP contribution in [-0.4, -0.2) is 0 Å². The molecule has 0 spiro atoms. The number of anilines is 1. The molecule has 6 heteroatoms. The van der Waals surface area contributed by atoms with E-state index in [0.29, 0.717) is 26.8 Å². The van der Waals surface area contributed by atoms with Gasteiger partial charge in [0.05, 0.1) is 20.2 Å². The Morgan fingerprint density at radius 3 is 2.26 bits per heavy atom. The Bertz CT molecular complexity index is 597. The summed E-state index contributed by atoms with van der Waals surface area (Å²) >= 11 is 18.6. The second-order valence-corrected chi connectivity index (χ2v) is 6.43. The van der Waals surface area contributed by atoms with Crippen molar-refractivity contribution in [3.8, 4) is 0 Å². The van der Waals surface area contributed by atoms with E-state index in [1.165, 1.54) is 6.07 Å². The molecule has 2 aromatic rings. The zero-order valence-corrected chi connectivity index (χ0v) is 14.2. The van der Waals surface area contributed by atoms with Gasteiger partial charge >= 0.3 is 0 Å². The van der Waals surface area contributed by atoms with Crippen LogP contribution in [0.25, 0.3) is 0 Å². The first-order valence-corrected chi connectivity index (χ1v) is 7.64. The van der Waals surface area contributed by atoms with Crippen molar-refractivity contribution in [2.75, 3.05) is 5.32 Å². The molecule has 0 heterocycles. The molecule has 2 aromatic carbocycles. The van der Waals surface area contributed by atoms with Crippen molar-refractivity contribution >= 4 is 60.7 Å². The van der Waals surface area contributed by atoms with E-state index < -0.39 is 0 Å². The summed E-state index contributed by atoms with van der Waals surface area (Å²) in [5.74, 6) is -0.299. The first kappa shape index (κ1) is 15.1. The zero-order valence-electron chi connectivity index (χ0n) is 9.48. The van der Waals surface area contributed by atoms with Crippen LogP contribution in [0.2, 0.25) is 10.0 Å². The molecule has 0 aliphatic rings. The Hall–Kier alpha value is -0.290. The van der Waals surface area contributed by atoms with Gasteiger partial charge in [-0.15, -0.1) is 0 Å². The molecule has 19 heavy (non-hydrogen) atoms. The number of halogens is 5. The van der Waals surface area contributed by atoms with Crippen molar-refractivity contribution in [1.29, 1.82) is 0 Å². The van der Waals surface area contributed by atoms with Gasteiger partial charge in [0.15, 0.2) is 0 Å². The van der Waals surface area contributed by atoms with Gasteiger partial charge in [-0.05, 0) is 45.8 Å². The van der Waals surface area contributed by atoms with Crippen molar-refractivity contribution in [3.05, 3.63) is 60.7 Å². The molecule has 0 bridgehead atoms. The van der Waals surface area contributed by atoms with Crippen LogP contribution in [-0.2, 0) is 6.54 Å². The normalized spacial score (nSPS) is 10.6. The van der Waals surface area contributed by atoms with E-state index >= 15 is 0 Å². The van der Waals surface area contributed by atoms with E-state index in [1.807, 2.05) is 6.07 Å². The fourth-order valence-electron chi connectivity index (χ4n) is 1.55. The third kappa shape index (κ3) is 3.85. The lowest BCUT2D eigenvalue weighted by atomic mass is 10.2. The molecule has 2 rings (SSSR count). The van der Waals surface area contributed by atoms with Crippen molar-refractivity contribution in [1.82, 2.24) is 0 Å². The number of nitrogens with one attached hydrogen (secondary N) is 1. The summed E-state index contributed by atoms with van der Waals surface area (Å²) in [4.78, 5) is 0. The predicted molar refractivity (Wildman–Crippen MR) is 85.6 cm³/mol. The molecule has 0 fully saturated rings. The maximum absolute atomic E-state index is 13.4. The summed E-state index contributed by atoms with van der Waals surface area (Å²) in [7, 11) is 0. The average molecular weight is 428 g/mol. The van der Waals surface area contributed by atoms with Gasteiger partial charge in [0.1, 0.15) is 5.82 Å². The van der Waals surface area contributed by atoms with Crippen molar-refractivity contribution in [2.24, 2.45) is 0 Å². The summed E-state index contributed by atoms with van der Waals surface area (Å²) in [6.45, 7) is 0.436. The van der Waals surface area contributed by atoms with Crippen LogP contribution in [0.4, 0.5) is 10.1 Å². The van der Waals surface area contributed by atoms with Gasteiger partial charge in [-0.25, -0.2) is 4.39 Å². The Kier molecular flexibility index (Phi) is 5.12. The third-order valence-corrected chi connectivity index (χ3v) is 4.16. The highest BCUT2D eigenvalue weighted by molar-refractivity contribution is 9.10. The molecule has 0 saturated carbocycles. The maximum atomic E-state index is 13.4. The Balaban J connectivity index is 2.16. The summed E-state index contributed by atoms with van der Waals surface area (Å²) in [5, 5.41) is 4.13. The van der Waals surface area contributed by atoms with Crippen LogP contribution in [0.1, 0.15) is 5.56 Å². The van der Waals surface area contributed by atoms with Gasteiger partial charge in [-0.1, -0.05) is 45.2 Å². The van der Waals surface area contributed by atoms with Gasteiger partial charge in [-0.2, -0.15) is 0 Å². The fraction of sp³-hybridized carbons (Fsp3) is 0.0769. The molecule has 1 nitrogen and oxygen atoms in total. The van der Waals surface area contributed by atoms with Gasteiger partial charge in [0, 0.05) is 11.0 Å². The summed E-state index contributed by atoms with van der Waals surface area (Å²) < 4.78 is 14.6. The minimum atomic E-state index is -0.299. The first-order chi connectivity index (χ1) is 8.97. The molecular formula is C13H8Br2Cl2FN. The van der Waals surface area contributed by atoms with Crippen LogP contribution in [0.5, 0.6) is 0 Å². The monoisotopic (exact) mass is 425 g/mol. The maximum Gasteiger partial charge on any atom is 0.137 e. The molecule has 0 amide bonds. The molecule has 0 unspecified atom stereocenters. The standard InChI is InChI=1S/C13H8Br2Cl2FN/c14-8-4-10(16)13(11(17)5-8)19-6-7-1-2-9(15)12(18)3-7/h1-5,19H,6H2. The topological polar surface area (TPSA) is 12.0 Å². The lowest BCUT2D eigenvalue weighted by molar-refractivity contribution is 0.619. The van der Waals surface area contributed by atoms with E-state index in [1.54, 1.807) is 18.2 Å². The van der Waals surface area contributed by atoms with Crippen LogP contribution >= 0.6 is 55.1 Å². The highest BCUT2D eigenvalue weighted by Crippen LogP contribution is 2.34. The molecule has 0 aromatic heterocycles. The highest BCUT2D eigenvalue weighted by Gasteiger charge is 2.08. The van der Waals surface area contributed by atoms with Gasteiger partial charge in [0.25, 0.3) is 0 Å². The van der Waals surface area contributed by atoms with Gasteiger partial charge in [-0.3, -0.25) is 0 Å². The van der Waals surface area contributed by atoms with Crippen molar-refractivity contribution < 1.29 is 4.39 Å². The van der Waals surface area contributed by atoms with Crippen LogP contribution in [0, 0.1) is 5.82 Å². The Morgan fingerprint density at radius 1 is 1.05 bits per heavy atom. The fourth-order valence-corrected chi connectivity index (χ4v) is 3.14. The van der Waals surface area contributed by atoms with E-state index in [2.05, 4.69) is 37.2 Å². The van der Waals surface area contributed by atoms with Crippen molar-refractivity contribution in [2.45, 2.75) is 6.54 Å². The lowest BCUT2D eigenvalue weighted by Crippen LogP contribution is -2.01. The quantitative estimate of drug-likeness (QED) is 0.608. The molecule has 0 aliphatic carbocycles. The minimum Gasteiger partial charge on any atom is -0.379 e. The van der Waals surface area contributed by atoms with Gasteiger partial charge in [0.2, 0.25) is 0 Å². The molecule has 0 saturated heterocycles. The second-order valence-electron chi connectivity index (χ2n) is 3.85. The van der Waals surface area contributed by atoms with Crippen molar-refractivity contribution in [3.63, 3.8) is 0 Å². The predicted octanol–water partition coefficient (Wildman–Crippen LogP) is 6.27. The first-order valence-electron chi connectivity index (χ1n) is 5.29. The SMILES string of the molecule is Fc1cc(CNc2c(Cl)cc(Br)cc2Cl)ccc1Br. The average Bonchev–Trinajstić information content (AvgIpc) is 2.32. The third-order valence-electron chi connectivity index (χ3n) is 2.46. The van der Waals surface area contributed by atoms with E-state index in [-0.39, 0.29) is 5.82 Å². The molecular weight excluding hydrogens is 420 g/mol. The zero-order chi connectivity index (χ0) is 14.0. The number of hydrogen-bond acceptors (Lipinski definition) is 1. The Labute approximate surface area is 137 Å². The molecule has 0 radical (unpaired) electrons. The Morgan fingerprint density at radius 2 is 1.68 bits per heavy atom. The number of rotatable bonds is 3. The second kappa shape index (κ2) is 6.44. The lowest BCUT2D eigenvalue weighted by Gasteiger charge is -2.11. The molecule has 1 N–H and O–H groups in total. The van der Waals surface area contributed by atoms with Crippen LogP contribution in [0.15, 0.2) is 39.3 Å². The summed E-state index contributed by atoms with van der Waals surface area (Å²) in [6.07, 6.45) is 0. The van der Waals surface area contributed by atoms with Gasteiger partial charge < -0.3 is 5.32 Å². The van der Waals surface area contributed by atoms with E-state index in [9.17, 15) is 4.39 Å². The smallest absolute Gasteiger partial charge is 0.137 e. The highest BCUT2D eigenvalue weighted by atomic mass is 79.9. The number of hydrogen-bond donors (Lipinski definition) is 1. The van der Waals surface area contributed by atoms with Crippen LogP contribution < -0.4 is 5.32 Å². The molecule has 0 aliphatic heterocycles. The molecule has 100 valence electrons. The summed E-state index contributed by atoms with van der Waals surface area (Å²) in [5.41, 5.74) is 1.44. The van der Waals surface area contributed by atoms with E-state index in [0.717, 1.165) is 10.0 Å². The van der Waals surface area contributed by atoms with Crippen LogP contribution in [0.3, 0.4) is 0 Å².